The van der Waals surface area contributed by atoms with Crippen molar-refractivity contribution in [1.82, 2.24) is 10.2 Å². The van der Waals surface area contributed by atoms with E-state index in [-0.39, 0.29) is 35.1 Å². The number of fused-ring (bicyclic) bond motifs is 3. The van der Waals surface area contributed by atoms with Gasteiger partial charge in [0.15, 0.2) is 11.6 Å². The summed E-state index contributed by atoms with van der Waals surface area (Å²) in [7, 11) is 1.57. The van der Waals surface area contributed by atoms with Crippen LogP contribution in [0, 0.1) is 17.8 Å². The molecule has 0 unspecified atom stereocenters. The van der Waals surface area contributed by atoms with E-state index in [9.17, 15) is 29.7 Å². The van der Waals surface area contributed by atoms with Gasteiger partial charge in [0.1, 0.15) is 28.6 Å². The number of aromatic hydroxyl groups is 1. The number of nitrogens with one attached hydrogen (secondary N) is 1. The Morgan fingerprint density at radius 2 is 1.88 bits per heavy atom. The molecule has 0 aromatic heterocycles. The van der Waals surface area contributed by atoms with Crippen LogP contribution in [0.3, 0.4) is 0 Å². The number of likely N-dealkylation sites (tertiary alicyclic amines) is 1. The summed E-state index contributed by atoms with van der Waals surface area (Å²) >= 11 is 0. The summed E-state index contributed by atoms with van der Waals surface area (Å²) in [5.74, 6) is -5.52. The minimum Gasteiger partial charge on any atom is -0.510 e. The lowest BCUT2D eigenvalue weighted by Crippen LogP contribution is -2.55. The van der Waals surface area contributed by atoms with E-state index in [1.165, 1.54) is 0 Å². The van der Waals surface area contributed by atoms with Crippen molar-refractivity contribution < 1.29 is 34.4 Å². The summed E-state index contributed by atoms with van der Waals surface area (Å²) in [6, 6.07) is 10.2. The van der Waals surface area contributed by atoms with E-state index < -0.39 is 52.6 Å². The Kier molecular flexibility index (Phi) is 7.52. The van der Waals surface area contributed by atoms with Crippen molar-refractivity contribution in [3.05, 3.63) is 75.6 Å². The van der Waals surface area contributed by atoms with E-state index in [1.54, 1.807) is 13.2 Å². The topological polar surface area (TPSA) is 162 Å². The van der Waals surface area contributed by atoms with E-state index in [4.69, 9.17) is 10.5 Å². The van der Waals surface area contributed by atoms with Crippen molar-refractivity contribution in [3.63, 3.8) is 0 Å². The maximum Gasteiger partial charge on any atom is 0.255 e. The highest BCUT2D eigenvalue weighted by molar-refractivity contribution is 6.28. The molecule has 4 aliphatic rings. The van der Waals surface area contributed by atoms with Gasteiger partial charge in [-0.05, 0) is 62.2 Å². The molecule has 10 nitrogen and oxygen atoms in total. The van der Waals surface area contributed by atoms with Gasteiger partial charge in [-0.2, -0.15) is 0 Å². The molecule has 5 atom stereocenters. The Balaban J connectivity index is 1.43. The first-order chi connectivity index (χ1) is 20.7. The minimum atomic E-state index is -1.32. The van der Waals surface area contributed by atoms with Crippen molar-refractivity contribution in [2.45, 2.75) is 51.2 Å². The van der Waals surface area contributed by atoms with Gasteiger partial charge in [-0.25, -0.2) is 0 Å². The number of phenolic OH excluding ortho intramolecular Hbond substituents is 1. The number of Topliss-reactive ketones (excluding diaryl/α,β-unsaturated/α-hetero) is 2. The zero-order valence-electron chi connectivity index (χ0n) is 24.3. The molecule has 2 aromatic carbocycles. The van der Waals surface area contributed by atoms with Crippen LogP contribution in [0.5, 0.6) is 11.5 Å². The minimum absolute atomic E-state index is 0.0512. The number of nitrogens with zero attached hydrogens (tertiary/aromatic N) is 1. The van der Waals surface area contributed by atoms with Crippen LogP contribution < -0.4 is 15.8 Å². The number of allylic oxidation sites excluding steroid dienone is 1. The van der Waals surface area contributed by atoms with Gasteiger partial charge in [-0.1, -0.05) is 37.3 Å². The molecule has 0 spiro atoms. The molecule has 6 rings (SSSR count). The molecule has 10 heteroatoms. The Labute approximate surface area is 249 Å². The lowest BCUT2D eigenvalue weighted by molar-refractivity contribution is -0.135. The first-order valence-corrected chi connectivity index (χ1v) is 14.9. The van der Waals surface area contributed by atoms with Gasteiger partial charge < -0.3 is 31.1 Å². The molecule has 1 amide bonds. The largest absolute Gasteiger partial charge is 0.510 e. The second-order valence-corrected chi connectivity index (χ2v) is 11.9. The van der Waals surface area contributed by atoms with Crippen LogP contribution >= 0.6 is 0 Å². The summed E-state index contributed by atoms with van der Waals surface area (Å²) in [5, 5.41) is 37.2. The highest BCUT2D eigenvalue weighted by Crippen LogP contribution is 2.53. The summed E-state index contributed by atoms with van der Waals surface area (Å²) in [5.41, 5.74) is 7.48. The molecule has 1 heterocycles. The number of amides is 1. The number of primary amides is 1. The molecule has 3 aliphatic carbocycles. The molecule has 43 heavy (non-hydrogen) atoms. The fraction of sp³-hybridized carbons (Fsp3) is 0.424. The summed E-state index contributed by atoms with van der Waals surface area (Å²) in [6.45, 7) is 4.19. The van der Waals surface area contributed by atoms with Crippen LogP contribution in [0.1, 0.15) is 54.5 Å². The van der Waals surface area contributed by atoms with Crippen LogP contribution in [0.15, 0.2) is 53.3 Å². The average molecular weight is 588 g/mol. The van der Waals surface area contributed by atoms with Crippen LogP contribution in [-0.2, 0) is 27.3 Å². The average Bonchev–Trinajstić information content (AvgIpc) is 3.46. The predicted octanol–water partition coefficient (Wildman–Crippen LogP) is 3.24. The number of hydrogen-bond acceptors (Lipinski definition) is 9. The lowest BCUT2D eigenvalue weighted by Gasteiger charge is -2.44. The maximum atomic E-state index is 14.1. The molecule has 2 aromatic rings. The number of aliphatic hydroxyl groups is 2. The molecule has 1 aliphatic heterocycles. The van der Waals surface area contributed by atoms with E-state index in [0.717, 1.165) is 37.1 Å². The summed E-state index contributed by atoms with van der Waals surface area (Å²) in [4.78, 5) is 42.3. The van der Waals surface area contributed by atoms with Crippen LogP contribution in [0.4, 0.5) is 0 Å². The normalized spacial score (nSPS) is 27.2. The highest BCUT2D eigenvalue weighted by Gasteiger charge is 2.55. The smallest absolute Gasteiger partial charge is 0.255 e. The Morgan fingerprint density at radius 3 is 2.56 bits per heavy atom. The highest BCUT2D eigenvalue weighted by atomic mass is 16.5. The number of methoxy groups -OCH3 is 1. The number of carbonyl (C=O) groups excluding carboxylic acids is 3. The molecule has 0 bridgehead atoms. The molecular weight excluding hydrogens is 550 g/mol. The quantitative estimate of drug-likeness (QED) is 0.242. The second-order valence-electron chi connectivity index (χ2n) is 11.9. The molecule has 2 fully saturated rings. The third kappa shape index (κ3) is 4.60. The van der Waals surface area contributed by atoms with E-state index >= 15 is 0 Å². The number of carbonyl (C=O) groups is 3. The second kappa shape index (κ2) is 11.2. The van der Waals surface area contributed by atoms with E-state index in [2.05, 4.69) is 17.1 Å². The van der Waals surface area contributed by atoms with Crippen molar-refractivity contribution >= 4 is 23.2 Å². The number of ether oxygens (including phenoxy) is 1. The Hall–Kier alpha value is -4.15. The van der Waals surface area contributed by atoms with E-state index in [0.29, 0.717) is 24.3 Å². The third-order valence-electron chi connectivity index (χ3n) is 9.73. The van der Waals surface area contributed by atoms with Crippen LogP contribution in [0.2, 0.25) is 0 Å². The van der Waals surface area contributed by atoms with Gasteiger partial charge in [0.25, 0.3) is 5.91 Å². The van der Waals surface area contributed by atoms with Gasteiger partial charge in [-0.15, -0.1) is 0 Å². The molecule has 1 saturated carbocycles. The van der Waals surface area contributed by atoms with Gasteiger partial charge in [0.05, 0.1) is 24.6 Å². The summed E-state index contributed by atoms with van der Waals surface area (Å²) < 4.78 is 5.93. The Morgan fingerprint density at radius 1 is 1.14 bits per heavy atom. The van der Waals surface area contributed by atoms with E-state index in [1.807, 2.05) is 30.3 Å². The fourth-order valence-electron chi connectivity index (χ4n) is 7.86. The molecule has 0 radical (unpaired) electrons. The van der Waals surface area contributed by atoms with Gasteiger partial charge in [-0.3, -0.25) is 19.3 Å². The Bertz CT molecular complexity index is 1560. The molecular formula is C33H37N3O7. The van der Waals surface area contributed by atoms with Crippen molar-refractivity contribution in [1.29, 1.82) is 0 Å². The summed E-state index contributed by atoms with van der Waals surface area (Å²) in [6.07, 6.45) is 2.48. The number of phenols is 1. The van der Waals surface area contributed by atoms with Crippen LogP contribution in [0.25, 0.3) is 5.76 Å². The van der Waals surface area contributed by atoms with Crippen molar-refractivity contribution in [2.24, 2.45) is 23.5 Å². The molecule has 226 valence electrons. The standard InChI is InChI=1S/C33H37N3O7/c1-3-36-11-7-10-21(36)18-14-22(37)24-20(32(18)43-2)13-17-12-19-25(29(39)23(17)28(24)38)30(40)26(33(34)42)31(41)27(19)35-15-16-8-5-4-6-9-16/h4-6,8-9,14,17,19,21,25,27,35,37-38,41H,3,7,10-13,15H2,1-2H3,(H2,34,42)/t17-,19-,21+,25-,27+/m1/s1. The predicted molar refractivity (Wildman–Crippen MR) is 158 cm³/mol. The van der Waals surface area contributed by atoms with Crippen molar-refractivity contribution in [3.8, 4) is 11.5 Å². The number of rotatable bonds is 7. The number of aliphatic hydroxyl groups excluding tert-OH is 2. The first kappa shape index (κ1) is 28.9. The SMILES string of the molecule is CCN1CCC[C@H]1c1cc(O)c2c(c1OC)C[C@H]1C[C@@H]3[C@@H](C(=O)C(C(N)=O)=C(O)[C@H]3NCc3ccccc3)C(=O)C1=C2O. The first-order valence-electron chi connectivity index (χ1n) is 14.9. The number of benzene rings is 2. The molecule has 1 saturated heterocycles. The van der Waals surface area contributed by atoms with Crippen LogP contribution in [-0.4, -0.2) is 63.9 Å². The molecule has 6 N–H and O–H groups in total. The van der Waals surface area contributed by atoms with Gasteiger partial charge in [0, 0.05) is 29.3 Å². The van der Waals surface area contributed by atoms with Gasteiger partial charge in [0.2, 0.25) is 0 Å². The fourth-order valence-corrected chi connectivity index (χ4v) is 7.86. The van der Waals surface area contributed by atoms with Gasteiger partial charge >= 0.3 is 0 Å². The number of ketones is 2. The van der Waals surface area contributed by atoms with Crippen molar-refractivity contribution in [2.75, 3.05) is 20.2 Å². The maximum absolute atomic E-state index is 14.1. The number of hydrogen-bond donors (Lipinski definition) is 5. The zero-order chi connectivity index (χ0) is 30.6. The third-order valence-corrected chi connectivity index (χ3v) is 9.73. The number of nitrogens with two attached hydrogens (primary N) is 1. The monoisotopic (exact) mass is 587 g/mol. The zero-order valence-corrected chi connectivity index (χ0v) is 24.3. The lowest BCUT2D eigenvalue weighted by atomic mass is 9.59.